The molecule has 0 unspecified atom stereocenters. The zero-order valence-electron chi connectivity index (χ0n) is 19.7. The minimum Gasteiger partial charge on any atom is -0.494 e. The third-order valence-electron chi connectivity index (χ3n) is 5.76. The summed E-state index contributed by atoms with van der Waals surface area (Å²) in [6.07, 6.45) is 2.19. The fraction of sp³-hybridized carbons (Fsp3) is 0.280. The molecule has 35 heavy (non-hydrogen) atoms. The Morgan fingerprint density at radius 3 is 2.49 bits per heavy atom. The molecule has 1 aliphatic heterocycles. The number of carbonyl (C=O) groups excluding carboxylic acids is 3. The third-order valence-corrected chi connectivity index (χ3v) is 5.76. The number of nitrogens with zero attached hydrogens (tertiary/aromatic N) is 3. The fourth-order valence-corrected chi connectivity index (χ4v) is 3.87. The first-order valence-corrected chi connectivity index (χ1v) is 11.0. The van der Waals surface area contributed by atoms with E-state index < -0.39 is 11.7 Å². The number of rotatable bonds is 10. The number of nitrogens with two attached hydrogens (primary N) is 2. The number of hydrogen-bond acceptors (Lipinski definition) is 6. The predicted molar refractivity (Wildman–Crippen MR) is 132 cm³/mol. The molecule has 3 amide bonds. The molecule has 1 aliphatic rings. The first-order chi connectivity index (χ1) is 16.7. The second-order valence-electron chi connectivity index (χ2n) is 7.99. The van der Waals surface area contributed by atoms with E-state index in [1.54, 1.807) is 42.2 Å². The second-order valence-corrected chi connectivity index (χ2v) is 7.99. The Morgan fingerprint density at radius 2 is 1.94 bits per heavy atom. The Kier molecular flexibility index (Phi) is 8.19. The molecule has 0 bridgehead atoms. The fourth-order valence-electron chi connectivity index (χ4n) is 3.87. The van der Waals surface area contributed by atoms with Gasteiger partial charge in [-0.05, 0) is 56.2 Å². The number of carbonyl (C=O) groups is 3. The van der Waals surface area contributed by atoms with Crippen molar-refractivity contribution in [2.24, 2.45) is 16.5 Å². The number of benzene rings is 2. The molecule has 184 valence electrons. The average molecular weight is 482 g/mol. The highest BCUT2D eigenvalue weighted by Gasteiger charge is 2.22. The van der Waals surface area contributed by atoms with Gasteiger partial charge in [0, 0.05) is 48.2 Å². The van der Waals surface area contributed by atoms with Crippen LogP contribution < -0.4 is 26.0 Å². The van der Waals surface area contributed by atoms with Crippen LogP contribution in [-0.4, -0.2) is 44.1 Å². The van der Waals surface area contributed by atoms with E-state index in [2.05, 4.69) is 4.99 Å². The Morgan fingerprint density at radius 1 is 1.23 bits per heavy atom. The van der Waals surface area contributed by atoms with Crippen molar-refractivity contribution in [3.63, 3.8) is 0 Å². The molecular weight excluding hydrogens is 453 g/mol. The smallest absolute Gasteiger partial charge is 0.264 e. The van der Waals surface area contributed by atoms with Crippen LogP contribution in [0.4, 0.5) is 21.5 Å². The highest BCUT2D eigenvalue weighted by Crippen LogP contribution is 2.26. The van der Waals surface area contributed by atoms with Crippen LogP contribution in [0.1, 0.15) is 26.2 Å². The number of aliphatic imine (C=N–C) groups is 1. The number of methoxy groups -OCH3 is 1. The molecule has 0 atom stereocenters. The van der Waals surface area contributed by atoms with Crippen molar-refractivity contribution in [2.45, 2.75) is 26.2 Å². The van der Waals surface area contributed by atoms with Crippen molar-refractivity contribution in [2.75, 3.05) is 30.0 Å². The van der Waals surface area contributed by atoms with Gasteiger partial charge in [0.15, 0.2) is 11.6 Å². The Balaban J connectivity index is 1.80. The maximum Gasteiger partial charge on any atom is 0.264 e. The number of anilines is 2. The van der Waals surface area contributed by atoms with E-state index in [1.807, 2.05) is 0 Å². The number of halogens is 1. The SMILES string of the molecule is COc1ccc(N=C(C)C(CCN(C=O)c2ccc(N3CCCC3=O)cc2)=C(N)C(N)=O)cc1F. The first-order valence-electron chi connectivity index (χ1n) is 11.0. The van der Waals surface area contributed by atoms with Crippen LogP contribution in [0.3, 0.4) is 0 Å². The van der Waals surface area contributed by atoms with Gasteiger partial charge in [-0.1, -0.05) is 0 Å². The van der Waals surface area contributed by atoms with Crippen LogP contribution >= 0.6 is 0 Å². The molecule has 4 N–H and O–H groups in total. The van der Waals surface area contributed by atoms with Gasteiger partial charge in [-0.3, -0.25) is 19.4 Å². The Labute approximate surface area is 202 Å². The quantitative estimate of drug-likeness (QED) is 0.306. The highest BCUT2D eigenvalue weighted by molar-refractivity contribution is 6.07. The zero-order chi connectivity index (χ0) is 25.5. The molecule has 2 aromatic carbocycles. The average Bonchev–Trinajstić information content (AvgIpc) is 3.27. The van der Waals surface area contributed by atoms with Gasteiger partial charge in [0.05, 0.1) is 12.8 Å². The number of amides is 3. The lowest BCUT2D eigenvalue weighted by molar-refractivity contribution is -0.117. The highest BCUT2D eigenvalue weighted by atomic mass is 19.1. The van der Waals surface area contributed by atoms with E-state index in [1.165, 1.54) is 24.1 Å². The molecule has 10 heteroatoms. The minimum absolute atomic E-state index is 0.0770. The van der Waals surface area contributed by atoms with Crippen molar-refractivity contribution in [3.05, 3.63) is 59.6 Å². The standard InChI is InChI=1S/C25H28FN5O4/c1-16(29-17-5-10-22(35-2)21(26)14-17)20(24(27)25(28)34)11-13-30(15-32)18-6-8-19(9-7-18)31-12-3-4-23(31)33/h5-10,14-15H,3-4,11-13,27H2,1-2H3,(H2,28,34). The molecule has 1 heterocycles. The third kappa shape index (κ3) is 6.03. The van der Waals surface area contributed by atoms with Crippen LogP contribution in [0.5, 0.6) is 5.75 Å². The summed E-state index contributed by atoms with van der Waals surface area (Å²) in [6, 6.07) is 11.3. The van der Waals surface area contributed by atoms with E-state index in [-0.39, 0.29) is 30.3 Å². The van der Waals surface area contributed by atoms with Gasteiger partial charge < -0.3 is 26.0 Å². The lowest BCUT2D eigenvalue weighted by Gasteiger charge is -2.21. The van der Waals surface area contributed by atoms with Gasteiger partial charge in [-0.15, -0.1) is 0 Å². The molecule has 1 fully saturated rings. The monoisotopic (exact) mass is 481 g/mol. The normalized spacial score (nSPS) is 14.5. The summed E-state index contributed by atoms with van der Waals surface area (Å²) in [5.41, 5.74) is 13.6. The molecule has 9 nitrogen and oxygen atoms in total. The maximum absolute atomic E-state index is 14.1. The molecule has 0 aliphatic carbocycles. The second kappa shape index (κ2) is 11.3. The van der Waals surface area contributed by atoms with Gasteiger partial charge in [-0.2, -0.15) is 0 Å². The molecule has 0 radical (unpaired) electrons. The van der Waals surface area contributed by atoms with E-state index in [0.29, 0.717) is 42.0 Å². The van der Waals surface area contributed by atoms with E-state index in [9.17, 15) is 18.8 Å². The topological polar surface area (TPSA) is 131 Å². The molecule has 2 aromatic rings. The van der Waals surface area contributed by atoms with Crippen molar-refractivity contribution >= 4 is 41.0 Å². The molecule has 0 saturated carbocycles. The summed E-state index contributed by atoms with van der Waals surface area (Å²) in [7, 11) is 1.36. The Bertz CT molecular complexity index is 1180. The van der Waals surface area contributed by atoms with Crippen LogP contribution in [0.15, 0.2) is 58.7 Å². The van der Waals surface area contributed by atoms with Crippen LogP contribution in [0.25, 0.3) is 0 Å². The van der Waals surface area contributed by atoms with Crippen LogP contribution in [0.2, 0.25) is 0 Å². The molecule has 0 spiro atoms. The van der Waals surface area contributed by atoms with Gasteiger partial charge >= 0.3 is 0 Å². The van der Waals surface area contributed by atoms with E-state index >= 15 is 0 Å². The van der Waals surface area contributed by atoms with Gasteiger partial charge in [0.2, 0.25) is 12.3 Å². The van der Waals surface area contributed by atoms with Crippen molar-refractivity contribution in [1.29, 1.82) is 0 Å². The van der Waals surface area contributed by atoms with Crippen LogP contribution in [-0.2, 0) is 14.4 Å². The maximum atomic E-state index is 14.1. The van der Waals surface area contributed by atoms with Crippen molar-refractivity contribution in [3.8, 4) is 5.75 Å². The Hall–Kier alpha value is -4.21. The zero-order valence-corrected chi connectivity index (χ0v) is 19.7. The van der Waals surface area contributed by atoms with Crippen molar-refractivity contribution < 1.29 is 23.5 Å². The predicted octanol–water partition coefficient (Wildman–Crippen LogP) is 2.80. The molecule has 0 aromatic heterocycles. The number of hydrogen-bond donors (Lipinski definition) is 2. The van der Waals surface area contributed by atoms with Crippen LogP contribution in [0, 0.1) is 5.82 Å². The lowest BCUT2D eigenvalue weighted by atomic mass is 10.0. The summed E-state index contributed by atoms with van der Waals surface area (Å²) in [6.45, 7) is 2.48. The number of ether oxygens (including phenoxy) is 1. The summed E-state index contributed by atoms with van der Waals surface area (Å²) in [4.78, 5) is 43.1. The van der Waals surface area contributed by atoms with E-state index in [4.69, 9.17) is 16.2 Å². The lowest BCUT2D eigenvalue weighted by Crippen LogP contribution is -2.28. The first kappa shape index (κ1) is 25.4. The van der Waals surface area contributed by atoms with Gasteiger partial charge in [0.25, 0.3) is 5.91 Å². The summed E-state index contributed by atoms with van der Waals surface area (Å²) in [5.74, 6) is -1.25. The molecule has 3 rings (SSSR count). The largest absolute Gasteiger partial charge is 0.494 e. The van der Waals surface area contributed by atoms with Crippen molar-refractivity contribution in [1.82, 2.24) is 0 Å². The number of primary amides is 1. The molecular formula is C25H28FN5O4. The summed E-state index contributed by atoms with van der Waals surface area (Å²) >= 11 is 0. The van der Waals surface area contributed by atoms with Gasteiger partial charge in [-0.25, -0.2) is 4.39 Å². The molecule has 1 saturated heterocycles. The van der Waals surface area contributed by atoms with Gasteiger partial charge in [0.1, 0.15) is 5.70 Å². The summed E-state index contributed by atoms with van der Waals surface area (Å²) < 4.78 is 19.0. The van der Waals surface area contributed by atoms with E-state index in [0.717, 1.165) is 12.1 Å². The summed E-state index contributed by atoms with van der Waals surface area (Å²) in [5, 5.41) is 0. The minimum atomic E-state index is -0.826.